The van der Waals surface area contributed by atoms with Crippen molar-refractivity contribution in [1.82, 2.24) is 9.55 Å². The molecule has 10 aromatic rings. The summed E-state index contributed by atoms with van der Waals surface area (Å²) in [4.78, 5) is 5.45. The van der Waals surface area contributed by atoms with Gasteiger partial charge < -0.3 is 4.42 Å². The number of hydrogen-bond acceptors (Lipinski definition) is 2. The number of furan rings is 1. The van der Waals surface area contributed by atoms with Crippen molar-refractivity contribution in [1.29, 1.82) is 0 Å². The van der Waals surface area contributed by atoms with Gasteiger partial charge in [0.15, 0.2) is 0 Å². The number of pyridine rings is 1. The fraction of sp³-hybridized carbons (Fsp3) is 0.0208. The van der Waals surface area contributed by atoms with Gasteiger partial charge in [-0.25, -0.2) is 4.98 Å². The molecule has 1 aliphatic carbocycles. The third-order valence-corrected chi connectivity index (χ3v) is 10.6. The molecule has 0 amide bonds. The Morgan fingerprint density at radius 3 is 2.04 bits per heavy atom. The summed E-state index contributed by atoms with van der Waals surface area (Å²) in [5, 5.41) is 4.48. The second kappa shape index (κ2) is 10.9. The molecule has 0 unspecified atom stereocenters. The standard InChI is InChI=1S/C48H30N2O/c1-3-13-30(14-4-1)35-27-42(31-15-5-2-6-16-31)49-45(28-35)50-43-21-11-9-20-38(43)46-47(50)40(29-41-37-19-10-12-22-44(37)51-48(41)46)34-24-23-33-25-32-17-7-8-18-36(32)39(33)26-34/h1-24,26-29H,25H2. The van der Waals surface area contributed by atoms with Crippen molar-refractivity contribution in [2.45, 2.75) is 6.42 Å². The van der Waals surface area contributed by atoms with Crippen LogP contribution in [-0.2, 0) is 6.42 Å². The topological polar surface area (TPSA) is 31.0 Å². The fourth-order valence-electron chi connectivity index (χ4n) is 8.27. The largest absolute Gasteiger partial charge is 0.455 e. The third kappa shape index (κ3) is 4.28. The van der Waals surface area contributed by atoms with Crippen molar-refractivity contribution < 1.29 is 4.42 Å². The molecule has 0 aliphatic heterocycles. The van der Waals surface area contributed by atoms with E-state index in [-0.39, 0.29) is 0 Å². The molecule has 11 rings (SSSR count). The lowest BCUT2D eigenvalue weighted by atomic mass is 9.95. The van der Waals surface area contributed by atoms with Crippen LogP contribution in [0.25, 0.3) is 94.2 Å². The second-order valence-corrected chi connectivity index (χ2v) is 13.5. The molecule has 51 heavy (non-hydrogen) atoms. The summed E-state index contributed by atoms with van der Waals surface area (Å²) >= 11 is 0. The molecule has 0 saturated carbocycles. The van der Waals surface area contributed by atoms with Crippen molar-refractivity contribution in [3.8, 4) is 50.5 Å². The van der Waals surface area contributed by atoms with Gasteiger partial charge in [-0.15, -0.1) is 0 Å². The van der Waals surface area contributed by atoms with Crippen LogP contribution < -0.4 is 0 Å². The summed E-state index contributed by atoms with van der Waals surface area (Å²) in [7, 11) is 0. The highest BCUT2D eigenvalue weighted by molar-refractivity contribution is 6.27. The number of aromatic nitrogens is 2. The Labute approximate surface area is 294 Å². The van der Waals surface area contributed by atoms with Gasteiger partial charge in [-0.3, -0.25) is 4.57 Å². The molecule has 3 nitrogen and oxygen atoms in total. The van der Waals surface area contributed by atoms with Gasteiger partial charge in [0.25, 0.3) is 0 Å². The van der Waals surface area contributed by atoms with Crippen LogP contribution in [-0.4, -0.2) is 9.55 Å². The zero-order chi connectivity index (χ0) is 33.5. The lowest BCUT2D eigenvalue weighted by molar-refractivity contribution is 0.673. The minimum Gasteiger partial charge on any atom is -0.455 e. The van der Waals surface area contributed by atoms with E-state index in [1.54, 1.807) is 0 Å². The summed E-state index contributed by atoms with van der Waals surface area (Å²) in [6, 6.07) is 60.8. The molecular formula is C48H30N2O. The van der Waals surface area contributed by atoms with Crippen LogP contribution >= 0.6 is 0 Å². The maximum Gasteiger partial charge on any atom is 0.145 e. The molecule has 238 valence electrons. The third-order valence-electron chi connectivity index (χ3n) is 10.6. The molecule has 0 atom stereocenters. The molecule has 3 aromatic heterocycles. The molecular weight excluding hydrogens is 621 g/mol. The van der Waals surface area contributed by atoms with E-state index in [0.717, 1.165) is 83.9 Å². The Morgan fingerprint density at radius 2 is 1.18 bits per heavy atom. The maximum absolute atomic E-state index is 6.79. The Balaban J connectivity index is 1.29. The number of nitrogens with zero attached hydrogens (tertiary/aromatic N) is 2. The van der Waals surface area contributed by atoms with E-state index in [1.165, 1.54) is 27.8 Å². The number of benzene rings is 7. The van der Waals surface area contributed by atoms with Crippen LogP contribution in [0.1, 0.15) is 11.1 Å². The lowest BCUT2D eigenvalue weighted by Crippen LogP contribution is -2.01. The van der Waals surface area contributed by atoms with Gasteiger partial charge in [-0.05, 0) is 81.8 Å². The van der Waals surface area contributed by atoms with Gasteiger partial charge in [0, 0.05) is 27.3 Å². The van der Waals surface area contributed by atoms with E-state index < -0.39 is 0 Å². The van der Waals surface area contributed by atoms with Gasteiger partial charge in [-0.2, -0.15) is 0 Å². The molecule has 3 heterocycles. The lowest BCUT2D eigenvalue weighted by Gasteiger charge is -2.15. The molecule has 0 N–H and O–H groups in total. The average molecular weight is 651 g/mol. The van der Waals surface area contributed by atoms with Crippen LogP contribution in [0.4, 0.5) is 0 Å². The quantitative estimate of drug-likeness (QED) is 0.190. The minimum atomic E-state index is 0.865. The normalized spacial score (nSPS) is 12.2. The average Bonchev–Trinajstić information content (AvgIpc) is 3.87. The van der Waals surface area contributed by atoms with E-state index in [4.69, 9.17) is 9.40 Å². The van der Waals surface area contributed by atoms with Crippen LogP contribution in [0, 0.1) is 0 Å². The molecule has 7 aromatic carbocycles. The first-order valence-corrected chi connectivity index (χ1v) is 17.5. The summed E-state index contributed by atoms with van der Waals surface area (Å²) in [6.07, 6.45) is 0.964. The summed E-state index contributed by atoms with van der Waals surface area (Å²) < 4.78 is 9.15. The van der Waals surface area contributed by atoms with Crippen molar-refractivity contribution in [2.24, 2.45) is 0 Å². The summed E-state index contributed by atoms with van der Waals surface area (Å²) in [5.74, 6) is 0.865. The summed E-state index contributed by atoms with van der Waals surface area (Å²) in [5.41, 5.74) is 16.0. The molecule has 0 radical (unpaired) electrons. The van der Waals surface area contributed by atoms with Gasteiger partial charge in [0.1, 0.15) is 17.0 Å². The van der Waals surface area contributed by atoms with Crippen LogP contribution in [0.2, 0.25) is 0 Å². The van der Waals surface area contributed by atoms with E-state index >= 15 is 0 Å². The fourth-order valence-corrected chi connectivity index (χ4v) is 8.27. The number of fused-ring (bicyclic) bond motifs is 10. The zero-order valence-electron chi connectivity index (χ0n) is 27.7. The van der Waals surface area contributed by atoms with Crippen LogP contribution in [0.5, 0.6) is 0 Å². The predicted octanol–water partition coefficient (Wildman–Crippen LogP) is 12.7. The smallest absolute Gasteiger partial charge is 0.145 e. The molecule has 0 fully saturated rings. The van der Waals surface area contributed by atoms with Crippen molar-refractivity contribution in [3.05, 3.63) is 181 Å². The minimum absolute atomic E-state index is 0.865. The van der Waals surface area contributed by atoms with E-state index in [1.807, 2.05) is 6.07 Å². The molecule has 1 aliphatic rings. The van der Waals surface area contributed by atoms with E-state index in [9.17, 15) is 0 Å². The van der Waals surface area contributed by atoms with Crippen LogP contribution in [0.15, 0.2) is 174 Å². The Morgan fingerprint density at radius 1 is 0.471 bits per heavy atom. The summed E-state index contributed by atoms with van der Waals surface area (Å²) in [6.45, 7) is 0. The van der Waals surface area contributed by atoms with Crippen molar-refractivity contribution in [3.63, 3.8) is 0 Å². The molecule has 0 bridgehead atoms. The Kier molecular flexibility index (Phi) is 6.02. The van der Waals surface area contributed by atoms with Crippen molar-refractivity contribution in [2.75, 3.05) is 0 Å². The first kappa shape index (κ1) is 28.2. The Bertz CT molecular complexity index is 2930. The highest BCUT2D eigenvalue weighted by Gasteiger charge is 2.25. The molecule has 0 spiro atoms. The highest BCUT2D eigenvalue weighted by Crippen LogP contribution is 2.47. The highest BCUT2D eigenvalue weighted by atomic mass is 16.3. The van der Waals surface area contributed by atoms with Gasteiger partial charge in [-0.1, -0.05) is 133 Å². The van der Waals surface area contributed by atoms with E-state index in [0.29, 0.717) is 0 Å². The maximum atomic E-state index is 6.79. The molecule has 3 heteroatoms. The van der Waals surface area contributed by atoms with Gasteiger partial charge in [0.2, 0.25) is 0 Å². The molecule has 0 saturated heterocycles. The first-order chi connectivity index (χ1) is 25.3. The van der Waals surface area contributed by atoms with Gasteiger partial charge >= 0.3 is 0 Å². The van der Waals surface area contributed by atoms with Gasteiger partial charge in [0.05, 0.1) is 22.1 Å². The zero-order valence-corrected chi connectivity index (χ0v) is 27.7. The number of para-hydroxylation sites is 2. The van der Waals surface area contributed by atoms with E-state index in [2.05, 4.69) is 168 Å². The first-order valence-electron chi connectivity index (χ1n) is 17.5. The van der Waals surface area contributed by atoms with Crippen LogP contribution in [0.3, 0.4) is 0 Å². The second-order valence-electron chi connectivity index (χ2n) is 13.5. The number of hydrogen-bond donors (Lipinski definition) is 0. The monoisotopic (exact) mass is 650 g/mol. The number of rotatable bonds is 4. The van der Waals surface area contributed by atoms with Crippen molar-refractivity contribution >= 4 is 43.7 Å². The Hall–Kier alpha value is -6.71. The SMILES string of the molecule is c1ccc(-c2cc(-c3ccccc3)nc(-n3c4ccccc4c4c5oc6ccccc6c5cc(-c5ccc6c(c5)-c5ccccc5C6)c43)c2)cc1. The predicted molar refractivity (Wildman–Crippen MR) is 210 cm³/mol.